The molecule has 2 aliphatic rings. The van der Waals surface area contributed by atoms with E-state index in [-0.39, 0.29) is 11.7 Å². The van der Waals surface area contributed by atoms with Crippen LogP contribution in [0.15, 0.2) is 36.4 Å². The van der Waals surface area contributed by atoms with Gasteiger partial charge in [-0.2, -0.15) is 0 Å². The Kier molecular flexibility index (Phi) is 2.33. The average molecular weight is 282 g/mol. The van der Waals surface area contributed by atoms with Crippen molar-refractivity contribution in [3.8, 4) is 0 Å². The summed E-state index contributed by atoms with van der Waals surface area (Å²) in [6.45, 7) is 0.378. The van der Waals surface area contributed by atoms with Gasteiger partial charge in [0, 0.05) is 22.4 Å². The normalized spacial score (nSPS) is 19.0. The molecule has 0 bridgehead atoms. The van der Waals surface area contributed by atoms with Gasteiger partial charge in [-0.05, 0) is 36.4 Å². The number of anilines is 2. The summed E-state index contributed by atoms with van der Waals surface area (Å²) in [5.74, 6) is -0.149. The first-order chi connectivity index (χ1) is 10.1. The standard InChI is InChI=1S/C16H11FN2O2/c17-9-1-3-12-13(6-9)19-16(20)14(12)15-11-4-2-10(18)5-8(11)7-21-15/h1-6H,7,18H2,(H,19,20). The van der Waals surface area contributed by atoms with Crippen molar-refractivity contribution in [1.82, 2.24) is 0 Å². The highest BCUT2D eigenvalue weighted by Gasteiger charge is 2.32. The molecule has 2 aliphatic heterocycles. The number of ether oxygens (including phenoxy) is 1. The monoisotopic (exact) mass is 282 g/mol. The fraction of sp³-hybridized carbons (Fsp3) is 0.0625. The molecule has 0 fully saturated rings. The molecule has 0 radical (unpaired) electrons. The van der Waals surface area contributed by atoms with Gasteiger partial charge in [0.05, 0.1) is 11.3 Å². The lowest BCUT2D eigenvalue weighted by molar-refractivity contribution is -0.110. The van der Waals surface area contributed by atoms with Crippen LogP contribution in [0, 0.1) is 5.82 Å². The zero-order chi connectivity index (χ0) is 14.6. The molecule has 2 heterocycles. The van der Waals surface area contributed by atoms with Gasteiger partial charge in [0.15, 0.2) is 0 Å². The number of carbonyl (C=O) groups is 1. The Labute approximate surface area is 120 Å². The number of amides is 1. The molecule has 0 saturated heterocycles. The largest absolute Gasteiger partial charge is 0.487 e. The third-order valence-corrected chi connectivity index (χ3v) is 3.70. The number of nitrogens with one attached hydrogen (secondary N) is 1. The quantitative estimate of drug-likeness (QED) is 0.577. The maximum Gasteiger partial charge on any atom is 0.260 e. The van der Waals surface area contributed by atoms with E-state index in [1.165, 1.54) is 12.1 Å². The summed E-state index contributed by atoms with van der Waals surface area (Å²) in [7, 11) is 0. The van der Waals surface area contributed by atoms with Gasteiger partial charge in [0.1, 0.15) is 18.2 Å². The molecule has 3 N–H and O–H groups in total. The summed E-state index contributed by atoms with van der Waals surface area (Å²) in [6.07, 6.45) is 0. The summed E-state index contributed by atoms with van der Waals surface area (Å²) in [4.78, 5) is 12.2. The van der Waals surface area contributed by atoms with E-state index in [1.54, 1.807) is 12.1 Å². The molecule has 0 aliphatic carbocycles. The van der Waals surface area contributed by atoms with Crippen LogP contribution in [0.5, 0.6) is 0 Å². The van der Waals surface area contributed by atoms with E-state index in [4.69, 9.17) is 10.5 Å². The molecule has 4 rings (SSSR count). The van der Waals surface area contributed by atoms with E-state index in [2.05, 4.69) is 5.32 Å². The fourth-order valence-electron chi connectivity index (χ4n) is 2.76. The number of halogens is 1. The third kappa shape index (κ3) is 1.71. The fourth-order valence-corrected chi connectivity index (χ4v) is 2.76. The summed E-state index contributed by atoms with van der Waals surface area (Å²) in [6, 6.07) is 9.67. The Hall–Kier alpha value is -2.82. The molecule has 21 heavy (non-hydrogen) atoms. The Morgan fingerprint density at radius 1 is 1.14 bits per heavy atom. The van der Waals surface area contributed by atoms with E-state index in [1.807, 2.05) is 12.1 Å². The van der Waals surface area contributed by atoms with Gasteiger partial charge in [-0.3, -0.25) is 4.79 Å². The lowest BCUT2D eigenvalue weighted by Gasteiger charge is -2.05. The minimum absolute atomic E-state index is 0.282. The maximum absolute atomic E-state index is 13.3. The van der Waals surface area contributed by atoms with Gasteiger partial charge in [-0.25, -0.2) is 4.39 Å². The number of carbonyl (C=O) groups excluding carboxylic acids is 1. The number of rotatable bonds is 0. The second kappa shape index (κ2) is 4.09. The van der Waals surface area contributed by atoms with Crippen molar-refractivity contribution in [2.45, 2.75) is 6.61 Å². The highest BCUT2D eigenvalue weighted by molar-refractivity contribution is 6.36. The van der Waals surface area contributed by atoms with Crippen LogP contribution in [0.2, 0.25) is 0 Å². The Morgan fingerprint density at radius 2 is 1.95 bits per heavy atom. The van der Waals surface area contributed by atoms with E-state index >= 15 is 0 Å². The summed E-state index contributed by atoms with van der Waals surface area (Å²) in [5, 5.41) is 2.67. The zero-order valence-corrected chi connectivity index (χ0v) is 10.9. The maximum atomic E-state index is 13.3. The zero-order valence-electron chi connectivity index (χ0n) is 10.9. The molecule has 2 aromatic carbocycles. The van der Waals surface area contributed by atoms with Crippen LogP contribution in [0.4, 0.5) is 15.8 Å². The number of fused-ring (bicyclic) bond motifs is 2. The SMILES string of the molecule is Nc1ccc2c(c1)COC2=C1C(=O)Nc2cc(F)ccc21. The van der Waals surface area contributed by atoms with Crippen molar-refractivity contribution in [1.29, 1.82) is 0 Å². The number of nitrogens with two attached hydrogens (primary N) is 1. The van der Waals surface area contributed by atoms with Crippen LogP contribution >= 0.6 is 0 Å². The molecule has 4 nitrogen and oxygen atoms in total. The van der Waals surface area contributed by atoms with Gasteiger partial charge < -0.3 is 15.8 Å². The highest BCUT2D eigenvalue weighted by Crippen LogP contribution is 2.41. The van der Waals surface area contributed by atoms with Crippen LogP contribution in [-0.2, 0) is 16.1 Å². The topological polar surface area (TPSA) is 64.3 Å². The highest BCUT2D eigenvalue weighted by atomic mass is 19.1. The van der Waals surface area contributed by atoms with Crippen molar-refractivity contribution < 1.29 is 13.9 Å². The Bertz CT molecular complexity index is 827. The molecular formula is C16H11FN2O2. The first-order valence-electron chi connectivity index (χ1n) is 6.50. The average Bonchev–Trinajstić information content (AvgIpc) is 2.97. The summed E-state index contributed by atoms with van der Waals surface area (Å²) < 4.78 is 19.0. The number of benzene rings is 2. The third-order valence-electron chi connectivity index (χ3n) is 3.70. The minimum atomic E-state index is -0.388. The molecule has 0 aromatic heterocycles. The van der Waals surface area contributed by atoms with Crippen LogP contribution in [0.3, 0.4) is 0 Å². The molecule has 1 amide bonds. The van der Waals surface area contributed by atoms with Crippen LogP contribution in [0.1, 0.15) is 16.7 Å². The number of hydrogen-bond acceptors (Lipinski definition) is 3. The van der Waals surface area contributed by atoms with Crippen LogP contribution in [-0.4, -0.2) is 5.91 Å². The first kappa shape index (κ1) is 12.0. The van der Waals surface area contributed by atoms with Crippen molar-refractivity contribution in [2.75, 3.05) is 11.1 Å². The predicted molar refractivity (Wildman–Crippen MR) is 77.5 cm³/mol. The van der Waals surface area contributed by atoms with Crippen LogP contribution < -0.4 is 11.1 Å². The van der Waals surface area contributed by atoms with Gasteiger partial charge in [0.25, 0.3) is 5.91 Å². The Balaban J connectivity index is 1.94. The second-order valence-corrected chi connectivity index (χ2v) is 5.05. The summed E-state index contributed by atoms with van der Waals surface area (Å²) >= 11 is 0. The van der Waals surface area contributed by atoms with Crippen molar-refractivity contribution in [2.24, 2.45) is 0 Å². The van der Waals surface area contributed by atoms with Gasteiger partial charge in [-0.1, -0.05) is 0 Å². The second-order valence-electron chi connectivity index (χ2n) is 5.05. The van der Waals surface area contributed by atoms with Crippen molar-refractivity contribution in [3.63, 3.8) is 0 Å². The van der Waals surface area contributed by atoms with Crippen LogP contribution in [0.25, 0.3) is 11.3 Å². The molecule has 0 saturated carbocycles. The molecule has 104 valence electrons. The van der Waals surface area contributed by atoms with Gasteiger partial charge in [-0.15, -0.1) is 0 Å². The smallest absolute Gasteiger partial charge is 0.260 e. The van der Waals surface area contributed by atoms with E-state index < -0.39 is 0 Å². The lowest BCUT2D eigenvalue weighted by atomic mass is 10.0. The van der Waals surface area contributed by atoms with E-state index in [0.29, 0.717) is 34.9 Å². The van der Waals surface area contributed by atoms with E-state index in [9.17, 15) is 9.18 Å². The molecule has 0 atom stereocenters. The predicted octanol–water partition coefficient (Wildman–Crippen LogP) is 2.76. The molecular weight excluding hydrogens is 271 g/mol. The first-order valence-corrected chi connectivity index (χ1v) is 6.50. The number of nitrogen functional groups attached to an aromatic ring is 1. The van der Waals surface area contributed by atoms with E-state index in [0.717, 1.165) is 11.1 Å². The minimum Gasteiger partial charge on any atom is -0.487 e. The summed E-state index contributed by atoms with van der Waals surface area (Å²) in [5.41, 5.74) is 9.77. The molecule has 0 spiro atoms. The van der Waals surface area contributed by atoms with Gasteiger partial charge in [0.2, 0.25) is 0 Å². The molecule has 2 aromatic rings. The van der Waals surface area contributed by atoms with Crippen molar-refractivity contribution in [3.05, 3.63) is 58.9 Å². The van der Waals surface area contributed by atoms with Crippen molar-refractivity contribution >= 4 is 28.6 Å². The number of hydrogen-bond donors (Lipinski definition) is 2. The molecule has 0 unspecified atom stereocenters. The lowest BCUT2D eigenvalue weighted by Crippen LogP contribution is -2.05. The Morgan fingerprint density at radius 3 is 2.81 bits per heavy atom. The molecule has 5 heteroatoms. The van der Waals surface area contributed by atoms with Gasteiger partial charge >= 0.3 is 0 Å².